The molecule has 6 nitrogen and oxygen atoms in total. The molecule has 0 saturated carbocycles. The summed E-state index contributed by atoms with van der Waals surface area (Å²) in [6, 6.07) is 10.9. The second kappa shape index (κ2) is 11.7. The Morgan fingerprint density at radius 2 is 1.55 bits per heavy atom. The number of hydrogen-bond donors (Lipinski definition) is 1. The number of benzene rings is 2. The van der Waals surface area contributed by atoms with Crippen LogP contribution in [0.25, 0.3) is 0 Å². The fourth-order valence-electron chi connectivity index (χ4n) is 2.84. The van der Waals surface area contributed by atoms with Crippen molar-refractivity contribution < 1.29 is 28.9 Å². The molecule has 2 aromatic rings. The first-order valence-corrected chi connectivity index (χ1v) is 9.91. The molecule has 29 heavy (non-hydrogen) atoms. The van der Waals surface area contributed by atoms with Crippen LogP contribution >= 0.6 is 0 Å². The molecule has 0 unspecified atom stereocenters. The standard InChI is InChI=1S/C23H28O6/c1-3-4-5-6-7-8-15-28-18-11-9-17(10-12-18)23(26)29-19-13-14-20(22(24)25)21(16-19)27-2/h9-14,16H,3-8,15H2,1-2H3,(H,24,25). The lowest BCUT2D eigenvalue weighted by Gasteiger charge is -2.09. The highest BCUT2D eigenvalue weighted by Crippen LogP contribution is 2.25. The monoisotopic (exact) mass is 400 g/mol. The van der Waals surface area contributed by atoms with Crippen LogP contribution in [0.3, 0.4) is 0 Å². The van der Waals surface area contributed by atoms with E-state index in [1.807, 2.05) is 0 Å². The largest absolute Gasteiger partial charge is 0.496 e. The predicted molar refractivity (Wildman–Crippen MR) is 110 cm³/mol. The minimum absolute atomic E-state index is 0.000774. The molecule has 0 amide bonds. The number of ether oxygens (including phenoxy) is 3. The highest BCUT2D eigenvalue weighted by Gasteiger charge is 2.14. The third-order valence-electron chi connectivity index (χ3n) is 4.47. The summed E-state index contributed by atoms with van der Waals surface area (Å²) in [5.41, 5.74) is 0.373. The summed E-state index contributed by atoms with van der Waals surface area (Å²) in [4.78, 5) is 23.4. The second-order valence-corrected chi connectivity index (χ2v) is 6.70. The number of carbonyl (C=O) groups is 2. The summed E-state index contributed by atoms with van der Waals surface area (Å²) in [6.07, 6.45) is 7.22. The molecule has 156 valence electrons. The minimum atomic E-state index is -1.11. The van der Waals surface area contributed by atoms with E-state index in [1.54, 1.807) is 24.3 Å². The predicted octanol–water partition coefficient (Wildman–Crippen LogP) is 5.35. The Balaban J connectivity index is 1.85. The number of aromatic carboxylic acids is 1. The van der Waals surface area contributed by atoms with Gasteiger partial charge < -0.3 is 19.3 Å². The van der Waals surface area contributed by atoms with E-state index in [4.69, 9.17) is 19.3 Å². The first-order chi connectivity index (χ1) is 14.0. The SMILES string of the molecule is CCCCCCCCOc1ccc(C(=O)Oc2ccc(C(=O)O)c(OC)c2)cc1. The maximum atomic E-state index is 12.3. The van der Waals surface area contributed by atoms with Crippen LogP contribution in [-0.2, 0) is 0 Å². The van der Waals surface area contributed by atoms with E-state index in [-0.39, 0.29) is 17.1 Å². The average Bonchev–Trinajstić information content (AvgIpc) is 2.73. The van der Waals surface area contributed by atoms with Crippen LogP contribution < -0.4 is 14.2 Å². The molecule has 0 fully saturated rings. The fraction of sp³-hybridized carbons (Fsp3) is 0.391. The van der Waals surface area contributed by atoms with E-state index in [2.05, 4.69) is 6.92 Å². The number of esters is 1. The van der Waals surface area contributed by atoms with E-state index >= 15 is 0 Å². The highest BCUT2D eigenvalue weighted by molar-refractivity contribution is 5.93. The number of methoxy groups -OCH3 is 1. The van der Waals surface area contributed by atoms with Crippen molar-refractivity contribution in [3.05, 3.63) is 53.6 Å². The van der Waals surface area contributed by atoms with Gasteiger partial charge in [0.25, 0.3) is 0 Å². The number of rotatable bonds is 12. The van der Waals surface area contributed by atoms with Gasteiger partial charge in [-0.05, 0) is 42.8 Å². The van der Waals surface area contributed by atoms with Gasteiger partial charge in [0.1, 0.15) is 22.8 Å². The van der Waals surface area contributed by atoms with Gasteiger partial charge in [0.05, 0.1) is 19.3 Å². The van der Waals surface area contributed by atoms with Crippen LogP contribution in [0.5, 0.6) is 17.2 Å². The molecule has 0 aliphatic heterocycles. The fourth-order valence-corrected chi connectivity index (χ4v) is 2.84. The summed E-state index contributed by atoms with van der Waals surface area (Å²) in [5.74, 6) is -0.613. The van der Waals surface area contributed by atoms with Gasteiger partial charge in [-0.1, -0.05) is 39.0 Å². The number of carboxylic acid groups (broad SMARTS) is 1. The maximum Gasteiger partial charge on any atom is 0.343 e. The molecule has 2 aromatic carbocycles. The lowest BCUT2D eigenvalue weighted by Crippen LogP contribution is -2.09. The number of carboxylic acids is 1. The maximum absolute atomic E-state index is 12.3. The lowest BCUT2D eigenvalue weighted by molar-refractivity contribution is 0.0693. The number of carbonyl (C=O) groups excluding carboxylic acids is 1. The van der Waals surface area contributed by atoms with Gasteiger partial charge in [0.2, 0.25) is 0 Å². The van der Waals surface area contributed by atoms with Crippen molar-refractivity contribution in [1.82, 2.24) is 0 Å². The molecule has 0 saturated heterocycles. The van der Waals surface area contributed by atoms with Gasteiger partial charge in [-0.25, -0.2) is 9.59 Å². The zero-order chi connectivity index (χ0) is 21.1. The van der Waals surface area contributed by atoms with Crippen molar-refractivity contribution in [1.29, 1.82) is 0 Å². The summed E-state index contributed by atoms with van der Waals surface area (Å²) in [7, 11) is 1.36. The zero-order valence-corrected chi connectivity index (χ0v) is 17.0. The molecule has 0 aliphatic rings. The first-order valence-electron chi connectivity index (χ1n) is 9.91. The van der Waals surface area contributed by atoms with Crippen molar-refractivity contribution in [2.24, 2.45) is 0 Å². The summed E-state index contributed by atoms with van der Waals surface area (Å²) in [6.45, 7) is 2.86. The average molecular weight is 400 g/mol. The Bertz CT molecular complexity index is 798. The zero-order valence-electron chi connectivity index (χ0n) is 17.0. The number of hydrogen-bond acceptors (Lipinski definition) is 5. The van der Waals surface area contributed by atoms with Crippen molar-refractivity contribution in [2.75, 3.05) is 13.7 Å². The Morgan fingerprint density at radius 3 is 2.21 bits per heavy atom. The lowest BCUT2D eigenvalue weighted by atomic mass is 10.1. The third-order valence-corrected chi connectivity index (χ3v) is 4.47. The molecule has 0 atom stereocenters. The van der Waals surface area contributed by atoms with Gasteiger partial charge >= 0.3 is 11.9 Å². The highest BCUT2D eigenvalue weighted by atomic mass is 16.5. The molecular formula is C23H28O6. The van der Waals surface area contributed by atoms with Crippen LogP contribution in [-0.4, -0.2) is 30.8 Å². The molecular weight excluding hydrogens is 372 g/mol. The molecule has 6 heteroatoms. The van der Waals surface area contributed by atoms with E-state index in [0.717, 1.165) is 12.8 Å². The summed E-state index contributed by atoms with van der Waals surface area (Å²) >= 11 is 0. The van der Waals surface area contributed by atoms with E-state index in [1.165, 1.54) is 51.0 Å². The quantitative estimate of drug-likeness (QED) is 0.294. The van der Waals surface area contributed by atoms with Gasteiger partial charge in [0.15, 0.2) is 0 Å². The molecule has 0 aromatic heterocycles. The van der Waals surface area contributed by atoms with Gasteiger partial charge in [-0.3, -0.25) is 0 Å². The molecule has 0 spiro atoms. The normalized spacial score (nSPS) is 10.4. The molecule has 0 heterocycles. The number of unbranched alkanes of at least 4 members (excludes halogenated alkanes) is 5. The Morgan fingerprint density at radius 1 is 0.897 bits per heavy atom. The summed E-state index contributed by atoms with van der Waals surface area (Å²) in [5, 5.41) is 9.10. The van der Waals surface area contributed by atoms with Crippen LogP contribution in [0.4, 0.5) is 0 Å². The van der Waals surface area contributed by atoms with E-state index < -0.39 is 11.9 Å². The van der Waals surface area contributed by atoms with Crippen molar-refractivity contribution >= 4 is 11.9 Å². The van der Waals surface area contributed by atoms with E-state index in [9.17, 15) is 9.59 Å². The third kappa shape index (κ3) is 7.14. The molecule has 0 radical (unpaired) electrons. The van der Waals surface area contributed by atoms with Crippen molar-refractivity contribution in [2.45, 2.75) is 45.4 Å². The smallest absolute Gasteiger partial charge is 0.343 e. The van der Waals surface area contributed by atoms with Gasteiger partial charge in [-0.2, -0.15) is 0 Å². The first kappa shape index (κ1) is 22.3. The van der Waals surface area contributed by atoms with E-state index in [0.29, 0.717) is 17.9 Å². The van der Waals surface area contributed by atoms with Gasteiger partial charge in [0, 0.05) is 6.07 Å². The Kier molecular flexibility index (Phi) is 9.02. The molecule has 0 aliphatic carbocycles. The minimum Gasteiger partial charge on any atom is -0.496 e. The van der Waals surface area contributed by atoms with Crippen molar-refractivity contribution in [3.8, 4) is 17.2 Å². The van der Waals surface area contributed by atoms with Crippen LogP contribution in [0, 0.1) is 0 Å². The van der Waals surface area contributed by atoms with Gasteiger partial charge in [-0.15, -0.1) is 0 Å². The van der Waals surface area contributed by atoms with Crippen LogP contribution in [0.2, 0.25) is 0 Å². The Labute approximate surface area is 171 Å². The Hall–Kier alpha value is -3.02. The molecule has 1 N–H and O–H groups in total. The van der Waals surface area contributed by atoms with Crippen LogP contribution in [0.1, 0.15) is 66.2 Å². The second-order valence-electron chi connectivity index (χ2n) is 6.70. The molecule has 0 bridgehead atoms. The summed E-state index contributed by atoms with van der Waals surface area (Å²) < 4.78 is 16.1. The van der Waals surface area contributed by atoms with Crippen molar-refractivity contribution in [3.63, 3.8) is 0 Å². The molecule has 2 rings (SSSR count). The topological polar surface area (TPSA) is 82.1 Å². The van der Waals surface area contributed by atoms with Crippen LogP contribution in [0.15, 0.2) is 42.5 Å².